The van der Waals surface area contributed by atoms with Gasteiger partial charge in [0.1, 0.15) is 5.78 Å². The first-order chi connectivity index (χ1) is 9.72. The average Bonchev–Trinajstić information content (AvgIpc) is 2.80. The molecule has 0 saturated carbocycles. The minimum absolute atomic E-state index is 0.226. The van der Waals surface area contributed by atoms with Gasteiger partial charge in [0.05, 0.1) is 13.2 Å². The summed E-state index contributed by atoms with van der Waals surface area (Å²) in [5.74, 6) is 0.370. The van der Waals surface area contributed by atoms with Gasteiger partial charge in [0.25, 0.3) is 0 Å². The van der Waals surface area contributed by atoms with Crippen LogP contribution in [-0.2, 0) is 16.1 Å². The van der Waals surface area contributed by atoms with E-state index >= 15 is 0 Å². The van der Waals surface area contributed by atoms with Crippen LogP contribution in [0.3, 0.4) is 0 Å². The summed E-state index contributed by atoms with van der Waals surface area (Å²) in [5.41, 5.74) is 2.43. The van der Waals surface area contributed by atoms with Crippen LogP contribution in [0.4, 0.5) is 0 Å². The van der Waals surface area contributed by atoms with Crippen molar-refractivity contribution in [2.45, 2.75) is 38.0 Å². The van der Waals surface area contributed by atoms with Crippen molar-refractivity contribution in [1.29, 1.82) is 0 Å². The Balaban J connectivity index is 1.56. The zero-order valence-corrected chi connectivity index (χ0v) is 11.8. The van der Waals surface area contributed by atoms with Crippen LogP contribution in [0, 0.1) is 0 Å². The van der Waals surface area contributed by atoms with Crippen molar-refractivity contribution in [2.75, 3.05) is 13.2 Å². The van der Waals surface area contributed by atoms with Crippen LogP contribution in [0.5, 0.6) is 0 Å². The molecule has 0 aromatic heterocycles. The van der Waals surface area contributed by atoms with Gasteiger partial charge in [-0.1, -0.05) is 42.5 Å². The molecule has 0 bridgehead atoms. The molecular weight excluding hydrogens is 250 g/mol. The highest BCUT2D eigenvalue weighted by atomic mass is 16.5. The number of piperidine rings is 1. The van der Waals surface area contributed by atoms with E-state index in [1.54, 1.807) is 0 Å². The van der Waals surface area contributed by atoms with Gasteiger partial charge in [-0.3, -0.25) is 9.69 Å². The first-order valence-corrected chi connectivity index (χ1v) is 7.28. The number of carbonyl (C=O) groups is 1. The highest BCUT2D eigenvalue weighted by Gasteiger charge is 2.38. The molecule has 2 saturated heterocycles. The number of carbonyl (C=O) groups excluding carboxylic acids is 1. The maximum absolute atomic E-state index is 11.8. The normalized spacial score (nSPS) is 26.8. The predicted octanol–water partition coefficient (Wildman–Crippen LogP) is 2.57. The van der Waals surface area contributed by atoms with Crippen molar-refractivity contribution >= 4 is 5.78 Å². The van der Waals surface area contributed by atoms with E-state index in [9.17, 15) is 4.79 Å². The molecule has 1 aromatic carbocycles. The van der Waals surface area contributed by atoms with Gasteiger partial charge in [-0.15, -0.1) is 0 Å². The first kappa shape index (κ1) is 13.5. The van der Waals surface area contributed by atoms with Crippen molar-refractivity contribution in [1.82, 2.24) is 4.90 Å². The smallest absolute Gasteiger partial charge is 0.136 e. The zero-order chi connectivity index (χ0) is 13.9. The Hall–Kier alpha value is -1.45. The maximum atomic E-state index is 11.8. The summed E-state index contributed by atoms with van der Waals surface area (Å²) in [6.45, 7) is 6.25. The van der Waals surface area contributed by atoms with E-state index in [1.807, 2.05) is 18.2 Å². The van der Waals surface area contributed by atoms with E-state index in [0.717, 1.165) is 13.0 Å². The van der Waals surface area contributed by atoms with Gasteiger partial charge < -0.3 is 4.74 Å². The number of nitrogens with zero attached hydrogens (tertiary/aromatic N) is 1. The van der Waals surface area contributed by atoms with Crippen molar-refractivity contribution in [2.24, 2.45) is 0 Å². The summed E-state index contributed by atoms with van der Waals surface area (Å²) in [4.78, 5) is 14.3. The van der Waals surface area contributed by atoms with Crippen molar-refractivity contribution in [3.8, 4) is 0 Å². The molecule has 0 N–H and O–H groups in total. The third-order valence-corrected chi connectivity index (χ3v) is 4.22. The molecule has 3 rings (SSSR count). The highest BCUT2D eigenvalue weighted by Crippen LogP contribution is 2.31. The molecule has 2 atom stereocenters. The molecular formula is C17H21NO2. The number of rotatable bonds is 4. The van der Waals surface area contributed by atoms with E-state index in [0.29, 0.717) is 37.9 Å². The van der Waals surface area contributed by atoms with Crippen molar-refractivity contribution in [3.05, 3.63) is 48.0 Å². The highest BCUT2D eigenvalue weighted by molar-refractivity contribution is 5.80. The average molecular weight is 271 g/mol. The van der Waals surface area contributed by atoms with Gasteiger partial charge in [-0.2, -0.15) is 0 Å². The molecule has 106 valence electrons. The lowest BCUT2D eigenvalue weighted by Crippen LogP contribution is -2.48. The molecule has 3 heteroatoms. The topological polar surface area (TPSA) is 29.5 Å². The Bertz CT molecular complexity index is 497. The van der Waals surface area contributed by atoms with Crippen LogP contribution in [0.25, 0.3) is 0 Å². The molecule has 20 heavy (non-hydrogen) atoms. The predicted molar refractivity (Wildman–Crippen MR) is 78.4 cm³/mol. The summed E-state index contributed by atoms with van der Waals surface area (Å²) >= 11 is 0. The molecule has 0 unspecified atom stereocenters. The fraction of sp³-hybridized carbons (Fsp3) is 0.471. The first-order valence-electron chi connectivity index (χ1n) is 7.28. The summed E-state index contributed by atoms with van der Waals surface area (Å²) in [6, 6.07) is 10.8. The third-order valence-electron chi connectivity index (χ3n) is 4.22. The van der Waals surface area contributed by atoms with Gasteiger partial charge >= 0.3 is 0 Å². The maximum Gasteiger partial charge on any atom is 0.136 e. The summed E-state index contributed by atoms with van der Waals surface area (Å²) < 4.78 is 5.83. The van der Waals surface area contributed by atoms with Crippen LogP contribution in [0.2, 0.25) is 0 Å². The van der Waals surface area contributed by atoms with E-state index in [-0.39, 0.29) is 6.04 Å². The van der Waals surface area contributed by atoms with Gasteiger partial charge in [0.15, 0.2) is 0 Å². The molecule has 0 aliphatic carbocycles. The Morgan fingerprint density at radius 1 is 1.20 bits per heavy atom. The molecule has 2 aliphatic heterocycles. The fourth-order valence-electron chi connectivity index (χ4n) is 3.29. The Morgan fingerprint density at radius 2 is 2.00 bits per heavy atom. The lowest BCUT2D eigenvalue weighted by molar-refractivity contribution is -0.125. The zero-order valence-electron chi connectivity index (χ0n) is 11.8. The van der Waals surface area contributed by atoms with Gasteiger partial charge in [0.2, 0.25) is 0 Å². The number of benzene rings is 1. The number of ether oxygens (including phenoxy) is 1. The second-order valence-corrected chi connectivity index (χ2v) is 5.88. The molecule has 2 aliphatic rings. The summed E-state index contributed by atoms with van der Waals surface area (Å²) in [6.07, 6.45) is 2.29. The van der Waals surface area contributed by atoms with E-state index in [1.165, 1.54) is 11.1 Å². The second-order valence-electron chi connectivity index (χ2n) is 5.88. The molecule has 3 nitrogen and oxygen atoms in total. The van der Waals surface area contributed by atoms with Crippen LogP contribution < -0.4 is 0 Å². The van der Waals surface area contributed by atoms with Gasteiger partial charge in [-0.05, 0) is 12.0 Å². The third kappa shape index (κ3) is 3.00. The van der Waals surface area contributed by atoms with Crippen LogP contribution in [0.1, 0.15) is 24.8 Å². The molecule has 0 spiro atoms. The molecule has 0 amide bonds. The van der Waals surface area contributed by atoms with Crippen molar-refractivity contribution < 1.29 is 9.53 Å². The Kier molecular flexibility index (Phi) is 3.99. The number of Topliss-reactive ketones (excluding diaryl/α,β-unsaturated/α-hetero) is 1. The number of fused-ring (bicyclic) bond motifs is 1. The number of ketones is 1. The number of hydrogen-bond donors (Lipinski definition) is 0. The number of hydrogen-bond acceptors (Lipinski definition) is 3. The van der Waals surface area contributed by atoms with Gasteiger partial charge in [0, 0.05) is 31.5 Å². The molecule has 2 fully saturated rings. The molecule has 0 radical (unpaired) electrons. The summed E-state index contributed by atoms with van der Waals surface area (Å²) in [5, 5.41) is 0. The van der Waals surface area contributed by atoms with Gasteiger partial charge in [-0.25, -0.2) is 0 Å². The lowest BCUT2D eigenvalue weighted by Gasteiger charge is -2.36. The van der Waals surface area contributed by atoms with Crippen LogP contribution >= 0.6 is 0 Å². The standard InChI is InChI=1S/C17H21NO2/c1-13-7-15-8-17(19)9-16(18(15)10-13)12-20-11-14-5-3-2-4-6-14/h2-6,15-16H,1,7-12H2/t15-,16+/m0/s1. The summed E-state index contributed by atoms with van der Waals surface area (Å²) in [7, 11) is 0. The largest absolute Gasteiger partial charge is 0.375 e. The lowest BCUT2D eigenvalue weighted by atomic mass is 9.95. The second kappa shape index (κ2) is 5.90. The van der Waals surface area contributed by atoms with E-state index in [4.69, 9.17) is 4.74 Å². The minimum atomic E-state index is 0.226. The molecule has 1 aromatic rings. The quantitative estimate of drug-likeness (QED) is 0.788. The SMILES string of the molecule is C=C1C[C@H]2CC(=O)C[C@H](COCc3ccccc3)N2C1. The Labute approximate surface area is 120 Å². The minimum Gasteiger partial charge on any atom is -0.375 e. The monoisotopic (exact) mass is 271 g/mol. The van der Waals surface area contributed by atoms with Crippen molar-refractivity contribution in [3.63, 3.8) is 0 Å². The van der Waals surface area contributed by atoms with E-state index < -0.39 is 0 Å². The van der Waals surface area contributed by atoms with E-state index in [2.05, 4.69) is 23.6 Å². The Morgan fingerprint density at radius 3 is 2.80 bits per heavy atom. The van der Waals surface area contributed by atoms with Crippen LogP contribution in [0.15, 0.2) is 42.5 Å². The van der Waals surface area contributed by atoms with Crippen LogP contribution in [-0.4, -0.2) is 35.9 Å². The molecule has 2 heterocycles. The fourth-order valence-corrected chi connectivity index (χ4v) is 3.29.